The molecule has 214 valence electrons. The number of aromatic nitrogens is 6. The zero-order chi connectivity index (χ0) is 29.1. The minimum absolute atomic E-state index is 0.166. The van der Waals surface area contributed by atoms with E-state index >= 15 is 0 Å². The number of fused-ring (bicyclic) bond motifs is 1. The van der Waals surface area contributed by atoms with Crippen LogP contribution in [0.25, 0.3) is 11.0 Å². The number of hydrogen-bond donors (Lipinski definition) is 4. The Balaban J connectivity index is 1.28. The van der Waals surface area contributed by atoms with Gasteiger partial charge in [-0.05, 0) is 52.3 Å². The molecule has 1 fully saturated rings. The fourth-order valence-electron chi connectivity index (χ4n) is 4.97. The van der Waals surface area contributed by atoms with Gasteiger partial charge < -0.3 is 21.3 Å². The summed E-state index contributed by atoms with van der Waals surface area (Å²) in [7, 11) is 1.79. The van der Waals surface area contributed by atoms with E-state index < -0.39 is 0 Å². The molecule has 0 radical (unpaired) electrons. The van der Waals surface area contributed by atoms with Crippen LogP contribution in [0.4, 0.5) is 29.0 Å². The molecule has 13 heteroatoms. The molecule has 0 spiro atoms. The van der Waals surface area contributed by atoms with Gasteiger partial charge in [-0.3, -0.25) is 19.5 Å². The van der Waals surface area contributed by atoms with Gasteiger partial charge in [-0.1, -0.05) is 0 Å². The van der Waals surface area contributed by atoms with Gasteiger partial charge in [0.1, 0.15) is 5.82 Å². The Morgan fingerprint density at radius 3 is 2.68 bits per heavy atom. The number of amides is 2. The summed E-state index contributed by atoms with van der Waals surface area (Å²) < 4.78 is 1.65. The SMILES string of the molecule is CC(=O)Nc1cc(Nc2ncc3c(Nc4cc(C(=O)NCCN5CCCC5(C)C)cnc4C)nn(C)c3n2)ccn1. The molecular formula is C28H35N11O2. The number of pyridine rings is 2. The maximum atomic E-state index is 12.9. The lowest BCUT2D eigenvalue weighted by atomic mass is 10.0. The van der Waals surface area contributed by atoms with E-state index in [1.54, 1.807) is 48.5 Å². The predicted molar refractivity (Wildman–Crippen MR) is 158 cm³/mol. The van der Waals surface area contributed by atoms with Crippen molar-refractivity contribution in [1.82, 2.24) is 39.9 Å². The number of carbonyl (C=O) groups excluding carboxylic acids is 2. The van der Waals surface area contributed by atoms with Crippen LogP contribution >= 0.6 is 0 Å². The highest BCUT2D eigenvalue weighted by Crippen LogP contribution is 2.28. The average Bonchev–Trinajstić information content (AvgIpc) is 3.42. The molecule has 2 amide bonds. The second kappa shape index (κ2) is 11.5. The van der Waals surface area contributed by atoms with Gasteiger partial charge in [0, 0.05) is 62.9 Å². The fourth-order valence-corrected chi connectivity index (χ4v) is 4.97. The number of carbonyl (C=O) groups is 2. The van der Waals surface area contributed by atoms with Gasteiger partial charge in [0.15, 0.2) is 11.5 Å². The Bertz CT molecular complexity index is 1600. The fraction of sp³-hybridized carbons (Fsp3) is 0.393. The average molecular weight is 558 g/mol. The van der Waals surface area contributed by atoms with E-state index in [0.29, 0.717) is 52.1 Å². The van der Waals surface area contributed by atoms with Gasteiger partial charge in [-0.2, -0.15) is 10.1 Å². The molecule has 1 aliphatic heterocycles. The second-order valence-corrected chi connectivity index (χ2v) is 10.8. The molecule has 4 aromatic heterocycles. The van der Waals surface area contributed by atoms with Crippen LogP contribution in [0.1, 0.15) is 49.7 Å². The van der Waals surface area contributed by atoms with E-state index in [0.717, 1.165) is 18.8 Å². The first-order valence-corrected chi connectivity index (χ1v) is 13.6. The lowest BCUT2D eigenvalue weighted by Crippen LogP contribution is -2.43. The van der Waals surface area contributed by atoms with Crippen molar-refractivity contribution >= 4 is 51.8 Å². The van der Waals surface area contributed by atoms with Crippen LogP contribution in [0.15, 0.2) is 36.8 Å². The molecule has 0 aliphatic carbocycles. The standard InChI is InChI=1S/C28H35N11O2/c1-17-22(13-19(15-31-17)26(41)30-10-12-39-11-6-8-28(39,3)4)35-24-21-16-32-27(36-25(21)38(5)37-24)34-20-7-9-29-23(14-20)33-18(2)40/h7,9,13-16H,6,8,10-12H2,1-5H3,(H,30,41)(H,35,37)(H2,29,32,33,34,36,40). The van der Waals surface area contributed by atoms with Crippen molar-refractivity contribution in [2.45, 2.75) is 46.1 Å². The van der Waals surface area contributed by atoms with Crippen LogP contribution in [0, 0.1) is 6.92 Å². The van der Waals surface area contributed by atoms with E-state index in [2.05, 4.69) is 65.0 Å². The van der Waals surface area contributed by atoms with E-state index in [1.807, 2.05) is 6.92 Å². The van der Waals surface area contributed by atoms with Crippen molar-refractivity contribution in [3.05, 3.63) is 48.0 Å². The molecule has 1 saturated heterocycles. The molecule has 0 aromatic carbocycles. The van der Waals surface area contributed by atoms with Crippen LogP contribution in [0.3, 0.4) is 0 Å². The molecule has 1 aliphatic rings. The number of hydrogen-bond acceptors (Lipinski definition) is 10. The summed E-state index contributed by atoms with van der Waals surface area (Å²) in [4.78, 5) is 44.3. The summed E-state index contributed by atoms with van der Waals surface area (Å²) in [5.41, 5.74) is 3.32. The summed E-state index contributed by atoms with van der Waals surface area (Å²) in [6, 6.07) is 5.23. The highest BCUT2D eigenvalue weighted by Gasteiger charge is 2.31. The molecule has 0 atom stereocenters. The van der Waals surface area contributed by atoms with E-state index in [9.17, 15) is 9.59 Å². The Morgan fingerprint density at radius 2 is 1.93 bits per heavy atom. The number of likely N-dealkylation sites (tertiary alicyclic amines) is 1. The number of anilines is 5. The Morgan fingerprint density at radius 1 is 1.10 bits per heavy atom. The molecule has 0 saturated carbocycles. The van der Waals surface area contributed by atoms with Gasteiger partial charge in [0.2, 0.25) is 11.9 Å². The van der Waals surface area contributed by atoms with Crippen molar-refractivity contribution < 1.29 is 9.59 Å². The van der Waals surface area contributed by atoms with Crippen molar-refractivity contribution in [3.63, 3.8) is 0 Å². The third-order valence-corrected chi connectivity index (χ3v) is 7.24. The smallest absolute Gasteiger partial charge is 0.252 e. The normalized spacial score (nSPS) is 14.7. The van der Waals surface area contributed by atoms with E-state index in [4.69, 9.17) is 0 Å². The Labute approximate surface area is 238 Å². The van der Waals surface area contributed by atoms with Gasteiger partial charge >= 0.3 is 0 Å². The third kappa shape index (κ3) is 6.40. The zero-order valence-electron chi connectivity index (χ0n) is 23.9. The van der Waals surface area contributed by atoms with Crippen LogP contribution in [0.5, 0.6) is 0 Å². The molecule has 0 unspecified atom stereocenters. The lowest BCUT2D eigenvalue weighted by molar-refractivity contribution is -0.114. The highest BCUT2D eigenvalue weighted by molar-refractivity contribution is 5.96. The Kier molecular flexibility index (Phi) is 7.79. The summed E-state index contributed by atoms with van der Waals surface area (Å²) in [6.45, 7) is 10.2. The molecule has 0 bridgehead atoms. The maximum absolute atomic E-state index is 12.9. The van der Waals surface area contributed by atoms with Crippen LogP contribution in [0.2, 0.25) is 0 Å². The quantitative estimate of drug-likeness (QED) is 0.240. The summed E-state index contributed by atoms with van der Waals surface area (Å²) >= 11 is 0. The van der Waals surface area contributed by atoms with Crippen molar-refractivity contribution in [1.29, 1.82) is 0 Å². The third-order valence-electron chi connectivity index (χ3n) is 7.24. The van der Waals surface area contributed by atoms with Crippen molar-refractivity contribution in [2.24, 2.45) is 7.05 Å². The van der Waals surface area contributed by atoms with Gasteiger partial charge in [0.25, 0.3) is 5.91 Å². The number of aryl methyl sites for hydroxylation is 2. The van der Waals surface area contributed by atoms with Crippen molar-refractivity contribution in [2.75, 3.05) is 35.6 Å². The summed E-state index contributed by atoms with van der Waals surface area (Å²) in [5.74, 6) is 0.956. The summed E-state index contributed by atoms with van der Waals surface area (Å²) in [6.07, 6.45) is 7.21. The molecular weight excluding hydrogens is 522 g/mol. The minimum Gasteiger partial charge on any atom is -0.351 e. The number of nitrogens with one attached hydrogen (secondary N) is 4. The minimum atomic E-state index is -0.208. The first kappa shape index (κ1) is 27.9. The first-order chi connectivity index (χ1) is 19.6. The van der Waals surface area contributed by atoms with Gasteiger partial charge in [-0.25, -0.2) is 14.6 Å². The molecule has 4 N–H and O–H groups in total. The van der Waals surface area contributed by atoms with Crippen molar-refractivity contribution in [3.8, 4) is 0 Å². The molecule has 5 heterocycles. The van der Waals surface area contributed by atoms with Crippen LogP contribution in [-0.4, -0.2) is 71.6 Å². The largest absolute Gasteiger partial charge is 0.351 e. The summed E-state index contributed by atoms with van der Waals surface area (Å²) in [5, 5.41) is 17.4. The first-order valence-electron chi connectivity index (χ1n) is 13.6. The topological polar surface area (TPSA) is 155 Å². The molecule has 41 heavy (non-hydrogen) atoms. The van der Waals surface area contributed by atoms with E-state index in [-0.39, 0.29) is 17.4 Å². The lowest BCUT2D eigenvalue weighted by Gasteiger charge is -2.31. The zero-order valence-corrected chi connectivity index (χ0v) is 23.9. The second-order valence-electron chi connectivity index (χ2n) is 10.8. The number of rotatable bonds is 9. The monoisotopic (exact) mass is 557 g/mol. The van der Waals surface area contributed by atoms with Gasteiger partial charge in [0.05, 0.1) is 22.3 Å². The van der Waals surface area contributed by atoms with Gasteiger partial charge in [-0.15, -0.1) is 0 Å². The molecule has 13 nitrogen and oxygen atoms in total. The van der Waals surface area contributed by atoms with Crippen LogP contribution in [-0.2, 0) is 11.8 Å². The molecule has 4 aromatic rings. The van der Waals surface area contributed by atoms with Crippen LogP contribution < -0.4 is 21.3 Å². The number of nitrogens with zero attached hydrogens (tertiary/aromatic N) is 7. The van der Waals surface area contributed by atoms with E-state index in [1.165, 1.54) is 19.8 Å². The molecule has 5 rings (SSSR count). The Hall–Kier alpha value is -4.65. The maximum Gasteiger partial charge on any atom is 0.252 e. The predicted octanol–water partition coefficient (Wildman–Crippen LogP) is 3.51. The highest BCUT2D eigenvalue weighted by atomic mass is 16.2.